The van der Waals surface area contributed by atoms with Gasteiger partial charge in [0, 0.05) is 43.3 Å². The molecule has 0 radical (unpaired) electrons. The van der Waals surface area contributed by atoms with Crippen LogP contribution in [0.5, 0.6) is 0 Å². The van der Waals surface area contributed by atoms with Gasteiger partial charge in [0.1, 0.15) is 0 Å². The highest BCUT2D eigenvalue weighted by atomic mass is 15.1. The molecule has 2 aromatic rings. The number of aromatic nitrogens is 4. The summed E-state index contributed by atoms with van der Waals surface area (Å²) < 4.78 is 0. The van der Waals surface area contributed by atoms with E-state index in [1.807, 2.05) is 26.2 Å². The molecule has 0 unspecified atom stereocenters. The van der Waals surface area contributed by atoms with E-state index >= 15 is 0 Å². The van der Waals surface area contributed by atoms with Crippen LogP contribution in [0, 0.1) is 13.8 Å². The maximum absolute atomic E-state index is 4.30. The quantitative estimate of drug-likeness (QED) is 0.814. The van der Waals surface area contributed by atoms with Gasteiger partial charge >= 0.3 is 0 Å². The highest BCUT2D eigenvalue weighted by Crippen LogP contribution is 2.11. The zero-order valence-corrected chi connectivity index (χ0v) is 13.3. The van der Waals surface area contributed by atoms with E-state index in [-0.39, 0.29) is 0 Å². The van der Waals surface area contributed by atoms with Crippen LogP contribution in [0.3, 0.4) is 0 Å². The van der Waals surface area contributed by atoms with Gasteiger partial charge in [0.15, 0.2) is 0 Å². The zero-order valence-electron chi connectivity index (χ0n) is 13.3. The molecule has 114 valence electrons. The molecule has 0 fully saturated rings. The van der Waals surface area contributed by atoms with Crippen molar-refractivity contribution < 1.29 is 0 Å². The van der Waals surface area contributed by atoms with Crippen molar-refractivity contribution in [1.29, 1.82) is 0 Å². The zero-order chi connectivity index (χ0) is 15.2. The molecule has 6 heteroatoms. The summed E-state index contributed by atoms with van der Waals surface area (Å²) >= 11 is 0. The van der Waals surface area contributed by atoms with Crippen LogP contribution >= 0.6 is 0 Å². The molecule has 0 aliphatic carbocycles. The number of H-pyrrole nitrogens is 1. The highest BCUT2D eigenvalue weighted by molar-refractivity contribution is 5.24. The number of hydrogen-bond donors (Lipinski definition) is 2. The second-order valence-corrected chi connectivity index (χ2v) is 5.35. The van der Waals surface area contributed by atoms with E-state index in [4.69, 9.17) is 0 Å². The predicted octanol–water partition coefficient (Wildman–Crippen LogP) is 1.92. The average Bonchev–Trinajstić information content (AvgIpc) is 2.78. The number of nitrogens with one attached hydrogen (secondary N) is 2. The third-order valence-electron chi connectivity index (χ3n) is 3.52. The van der Waals surface area contributed by atoms with Crippen LogP contribution in [-0.4, -0.2) is 45.2 Å². The summed E-state index contributed by atoms with van der Waals surface area (Å²) in [5, 5.41) is 10.4. The van der Waals surface area contributed by atoms with E-state index in [1.165, 1.54) is 11.3 Å². The fraction of sp³-hybridized carbons (Fsp3) is 0.533. The van der Waals surface area contributed by atoms with E-state index in [0.29, 0.717) is 5.95 Å². The fourth-order valence-electron chi connectivity index (χ4n) is 2.32. The molecule has 0 saturated heterocycles. The van der Waals surface area contributed by atoms with Crippen LogP contribution in [0.2, 0.25) is 0 Å². The Morgan fingerprint density at radius 2 is 1.95 bits per heavy atom. The lowest BCUT2D eigenvalue weighted by atomic mass is 10.1. The van der Waals surface area contributed by atoms with Crippen LogP contribution in [0.1, 0.15) is 29.4 Å². The lowest BCUT2D eigenvalue weighted by Crippen LogP contribution is -2.21. The van der Waals surface area contributed by atoms with Crippen LogP contribution < -0.4 is 5.32 Å². The highest BCUT2D eigenvalue weighted by Gasteiger charge is 2.08. The molecule has 0 atom stereocenters. The lowest BCUT2D eigenvalue weighted by molar-refractivity contribution is 0.330. The Hall–Kier alpha value is -1.95. The van der Waals surface area contributed by atoms with Gasteiger partial charge in [-0.1, -0.05) is 0 Å². The van der Waals surface area contributed by atoms with E-state index in [0.717, 1.165) is 37.3 Å². The predicted molar refractivity (Wildman–Crippen MR) is 84.3 cm³/mol. The monoisotopic (exact) mass is 288 g/mol. The van der Waals surface area contributed by atoms with Gasteiger partial charge < -0.3 is 10.2 Å². The molecule has 2 heterocycles. The molecule has 2 aromatic heterocycles. The van der Waals surface area contributed by atoms with Crippen molar-refractivity contribution in [2.45, 2.75) is 33.7 Å². The summed E-state index contributed by atoms with van der Waals surface area (Å²) in [6.45, 7) is 8.82. The van der Waals surface area contributed by atoms with Gasteiger partial charge in [0.05, 0.1) is 5.69 Å². The van der Waals surface area contributed by atoms with E-state index < -0.39 is 0 Å². The summed E-state index contributed by atoms with van der Waals surface area (Å²) in [7, 11) is 2.11. The van der Waals surface area contributed by atoms with E-state index in [1.54, 1.807) is 0 Å². The van der Waals surface area contributed by atoms with Gasteiger partial charge in [-0.2, -0.15) is 5.10 Å². The fourth-order valence-corrected chi connectivity index (χ4v) is 2.32. The second kappa shape index (κ2) is 7.17. The van der Waals surface area contributed by atoms with Crippen molar-refractivity contribution in [2.24, 2.45) is 0 Å². The van der Waals surface area contributed by atoms with Crippen molar-refractivity contribution >= 4 is 5.95 Å². The summed E-state index contributed by atoms with van der Waals surface area (Å²) in [6, 6.07) is 0. The number of nitrogens with zero attached hydrogens (tertiary/aromatic N) is 4. The first-order valence-corrected chi connectivity index (χ1v) is 7.34. The largest absolute Gasteiger partial charge is 0.355 e. The lowest BCUT2D eigenvalue weighted by Gasteiger charge is -2.16. The molecule has 0 aromatic carbocycles. The molecule has 2 N–H and O–H groups in total. The molecule has 21 heavy (non-hydrogen) atoms. The van der Waals surface area contributed by atoms with Crippen LogP contribution in [-0.2, 0) is 13.0 Å². The molecular weight excluding hydrogens is 264 g/mol. The van der Waals surface area contributed by atoms with Gasteiger partial charge in [-0.25, -0.2) is 9.97 Å². The molecular formula is C15H24N6. The molecule has 6 nitrogen and oxygen atoms in total. The number of aromatic amines is 1. The summed E-state index contributed by atoms with van der Waals surface area (Å²) in [5.41, 5.74) is 4.71. The molecule has 0 aliphatic heterocycles. The summed E-state index contributed by atoms with van der Waals surface area (Å²) in [6.07, 6.45) is 4.77. The molecule has 0 spiro atoms. The summed E-state index contributed by atoms with van der Waals surface area (Å²) in [4.78, 5) is 10.9. The Kier molecular flexibility index (Phi) is 5.27. The van der Waals surface area contributed by atoms with Crippen LogP contribution in [0.25, 0.3) is 0 Å². The minimum absolute atomic E-state index is 0.688. The molecule has 2 rings (SSSR count). The van der Waals surface area contributed by atoms with Crippen molar-refractivity contribution in [3.8, 4) is 0 Å². The maximum Gasteiger partial charge on any atom is 0.222 e. The minimum Gasteiger partial charge on any atom is -0.355 e. The normalized spacial score (nSPS) is 11.1. The Morgan fingerprint density at radius 1 is 1.24 bits per heavy atom. The number of rotatable bonds is 7. The van der Waals surface area contributed by atoms with Crippen LogP contribution in [0.4, 0.5) is 5.95 Å². The van der Waals surface area contributed by atoms with Crippen molar-refractivity contribution in [1.82, 2.24) is 25.1 Å². The van der Waals surface area contributed by atoms with E-state index in [9.17, 15) is 0 Å². The average molecular weight is 288 g/mol. The van der Waals surface area contributed by atoms with Crippen molar-refractivity contribution in [2.75, 3.05) is 25.5 Å². The Balaban J connectivity index is 1.85. The molecule has 0 aliphatic rings. The van der Waals surface area contributed by atoms with Gasteiger partial charge in [-0.05, 0) is 39.8 Å². The van der Waals surface area contributed by atoms with Crippen molar-refractivity contribution in [3.63, 3.8) is 0 Å². The smallest absolute Gasteiger partial charge is 0.222 e. The first-order valence-electron chi connectivity index (χ1n) is 7.34. The van der Waals surface area contributed by atoms with Gasteiger partial charge in [-0.3, -0.25) is 5.10 Å². The third-order valence-corrected chi connectivity index (χ3v) is 3.52. The maximum atomic E-state index is 4.30. The number of anilines is 1. The second-order valence-electron chi connectivity index (χ2n) is 5.35. The standard InChI is InChI=1S/C15H24N6/c1-5-16-15-17-8-13(9-18-15)10-21(4)7-6-14-11(2)19-20-12(14)3/h8-9H,5-7,10H2,1-4H3,(H,19,20)(H,16,17,18). The first kappa shape index (κ1) is 15.4. The topological polar surface area (TPSA) is 69.7 Å². The first-order chi connectivity index (χ1) is 10.1. The SMILES string of the molecule is CCNc1ncc(CN(C)CCc2c(C)n[nH]c2C)cn1. The van der Waals surface area contributed by atoms with E-state index in [2.05, 4.69) is 44.4 Å². The number of hydrogen-bond acceptors (Lipinski definition) is 5. The minimum atomic E-state index is 0.688. The van der Waals surface area contributed by atoms with Gasteiger partial charge in [0.25, 0.3) is 0 Å². The molecule has 0 amide bonds. The van der Waals surface area contributed by atoms with Crippen molar-refractivity contribution in [3.05, 3.63) is 34.9 Å². The van der Waals surface area contributed by atoms with Gasteiger partial charge in [-0.15, -0.1) is 0 Å². The number of aryl methyl sites for hydroxylation is 2. The van der Waals surface area contributed by atoms with Crippen LogP contribution in [0.15, 0.2) is 12.4 Å². The molecule has 0 bridgehead atoms. The Labute approximate surface area is 126 Å². The summed E-state index contributed by atoms with van der Waals surface area (Å²) in [5.74, 6) is 0.688. The number of likely N-dealkylation sites (N-methyl/N-ethyl adjacent to an activating group) is 1. The Morgan fingerprint density at radius 3 is 2.52 bits per heavy atom. The molecule has 0 saturated carbocycles. The van der Waals surface area contributed by atoms with Gasteiger partial charge in [0.2, 0.25) is 5.95 Å². The third kappa shape index (κ3) is 4.26. The Bertz CT molecular complexity index is 541.